The number of benzene rings is 2. The van der Waals surface area contributed by atoms with Crippen molar-refractivity contribution in [1.82, 2.24) is 14.8 Å². The Morgan fingerprint density at radius 2 is 2.00 bits per heavy atom. The van der Waals surface area contributed by atoms with E-state index in [0.717, 1.165) is 11.3 Å². The Morgan fingerprint density at radius 3 is 2.77 bits per heavy atom. The summed E-state index contributed by atoms with van der Waals surface area (Å²) < 4.78 is 1.42. The molecule has 0 fully saturated rings. The maximum atomic E-state index is 12.5. The van der Waals surface area contributed by atoms with E-state index in [2.05, 4.69) is 39.7 Å². The summed E-state index contributed by atoms with van der Waals surface area (Å²) in [5.74, 6) is -0.393. The lowest BCUT2D eigenvalue weighted by Crippen LogP contribution is -2.13. The van der Waals surface area contributed by atoms with Crippen LogP contribution in [-0.2, 0) is 6.42 Å². The third kappa shape index (κ3) is 4.41. The van der Waals surface area contributed by atoms with Gasteiger partial charge in [0.1, 0.15) is 0 Å². The molecule has 0 aliphatic carbocycles. The highest BCUT2D eigenvalue weighted by atomic mass is 32.1. The molecule has 0 aliphatic heterocycles. The molecule has 1 amide bonds. The third-order valence-corrected chi connectivity index (χ3v) is 5.31. The minimum Gasteiger partial charge on any atom is -0.296 e. The van der Waals surface area contributed by atoms with Crippen LogP contribution in [-0.4, -0.2) is 25.6 Å². The Labute approximate surface area is 176 Å². The second-order valence-corrected chi connectivity index (χ2v) is 7.79. The number of amides is 1. The zero-order chi connectivity index (χ0) is 21.1. The molecule has 0 atom stereocenters. The molecule has 2 aromatic carbocycles. The summed E-state index contributed by atoms with van der Waals surface area (Å²) in [6.07, 6.45) is 4.08. The summed E-state index contributed by atoms with van der Waals surface area (Å²) in [6.45, 7) is 2.05. The monoisotopic (exact) mass is 419 g/mol. The van der Waals surface area contributed by atoms with Gasteiger partial charge in [-0.2, -0.15) is 5.10 Å². The number of hydrogen-bond acceptors (Lipinski definition) is 6. The number of hydrogen-bond donors (Lipinski definition) is 1. The molecular formula is C21H17N5O3S. The minimum atomic E-state index is -0.475. The number of nitro benzene ring substituents is 1. The molecule has 4 rings (SSSR count). The molecular weight excluding hydrogens is 402 g/mol. The second kappa shape index (κ2) is 8.26. The maximum absolute atomic E-state index is 12.5. The Balaban J connectivity index is 1.44. The smallest absolute Gasteiger partial charge is 0.277 e. The molecule has 0 saturated carbocycles. The first-order chi connectivity index (χ1) is 14.5. The van der Waals surface area contributed by atoms with Gasteiger partial charge in [0.15, 0.2) is 10.8 Å². The summed E-state index contributed by atoms with van der Waals surface area (Å²) in [5, 5.41) is 18.4. The van der Waals surface area contributed by atoms with Crippen LogP contribution in [0.4, 0.5) is 10.8 Å². The molecule has 2 aromatic heterocycles. The van der Waals surface area contributed by atoms with Crippen molar-refractivity contribution in [3.63, 3.8) is 0 Å². The lowest BCUT2D eigenvalue weighted by Gasteiger charge is -2.01. The van der Waals surface area contributed by atoms with E-state index in [9.17, 15) is 14.9 Å². The number of anilines is 1. The number of aromatic nitrogens is 3. The van der Waals surface area contributed by atoms with Crippen LogP contribution >= 0.6 is 11.3 Å². The van der Waals surface area contributed by atoms with Gasteiger partial charge in [-0.15, -0.1) is 11.3 Å². The fourth-order valence-corrected chi connectivity index (χ4v) is 3.69. The largest absolute Gasteiger partial charge is 0.296 e. The molecule has 30 heavy (non-hydrogen) atoms. The van der Waals surface area contributed by atoms with Gasteiger partial charge in [0, 0.05) is 35.8 Å². The fourth-order valence-electron chi connectivity index (χ4n) is 2.85. The van der Waals surface area contributed by atoms with Crippen molar-refractivity contribution >= 4 is 28.1 Å². The first kappa shape index (κ1) is 19.5. The normalized spacial score (nSPS) is 10.7. The lowest BCUT2D eigenvalue weighted by atomic mass is 10.1. The number of thiazole rings is 1. The average molecular weight is 419 g/mol. The molecule has 8 nitrogen and oxygen atoms in total. The third-order valence-electron chi connectivity index (χ3n) is 4.40. The van der Waals surface area contributed by atoms with Gasteiger partial charge in [0.05, 0.1) is 10.6 Å². The van der Waals surface area contributed by atoms with Gasteiger partial charge in [0.25, 0.3) is 11.6 Å². The predicted octanol–water partition coefficient (Wildman–Crippen LogP) is 4.39. The summed E-state index contributed by atoms with van der Waals surface area (Å²) in [7, 11) is 0. The molecule has 2 heterocycles. The van der Waals surface area contributed by atoms with Gasteiger partial charge in [-0.1, -0.05) is 35.9 Å². The van der Waals surface area contributed by atoms with Gasteiger partial charge in [-0.05, 0) is 24.6 Å². The number of nitro groups is 1. The van der Waals surface area contributed by atoms with E-state index in [1.807, 2.05) is 6.92 Å². The number of non-ortho nitro benzene ring substituents is 1. The highest BCUT2D eigenvalue weighted by Crippen LogP contribution is 2.22. The first-order valence-corrected chi connectivity index (χ1v) is 9.92. The van der Waals surface area contributed by atoms with Crippen molar-refractivity contribution < 1.29 is 9.72 Å². The van der Waals surface area contributed by atoms with Crippen LogP contribution in [0.3, 0.4) is 0 Å². The molecule has 150 valence electrons. The second-order valence-electron chi connectivity index (χ2n) is 6.67. The van der Waals surface area contributed by atoms with Gasteiger partial charge in [0.2, 0.25) is 0 Å². The standard InChI is InChI=1S/C21H17N5O3S/c1-14-5-7-15(8-6-14)11-18-13-22-21(30-18)23-20(27)19-9-10-25(24-19)16-3-2-4-17(12-16)26(28)29/h2-10,12-13H,11H2,1H3,(H,22,23,27). The molecule has 1 N–H and O–H groups in total. The van der Waals surface area contributed by atoms with Crippen molar-refractivity contribution in [2.24, 2.45) is 0 Å². The number of nitrogens with one attached hydrogen (secondary N) is 1. The summed E-state index contributed by atoms with van der Waals surface area (Å²) in [5.41, 5.74) is 3.03. The Hall–Kier alpha value is -3.85. The number of carbonyl (C=O) groups excluding carboxylic acids is 1. The van der Waals surface area contributed by atoms with Crippen LogP contribution in [0.25, 0.3) is 5.69 Å². The molecule has 0 aliphatic rings. The van der Waals surface area contributed by atoms with Crippen LogP contribution in [0.5, 0.6) is 0 Å². The average Bonchev–Trinajstić information content (AvgIpc) is 3.40. The zero-order valence-corrected chi connectivity index (χ0v) is 16.8. The highest BCUT2D eigenvalue weighted by molar-refractivity contribution is 7.15. The molecule has 0 radical (unpaired) electrons. The highest BCUT2D eigenvalue weighted by Gasteiger charge is 2.14. The molecule has 0 bridgehead atoms. The van der Waals surface area contributed by atoms with Crippen LogP contribution in [0.1, 0.15) is 26.5 Å². The van der Waals surface area contributed by atoms with Gasteiger partial charge < -0.3 is 0 Å². The molecule has 9 heteroatoms. The molecule has 4 aromatic rings. The number of carbonyl (C=O) groups is 1. The first-order valence-electron chi connectivity index (χ1n) is 9.10. The van der Waals surface area contributed by atoms with Crippen LogP contribution < -0.4 is 5.32 Å². The van der Waals surface area contributed by atoms with E-state index in [1.54, 1.807) is 30.6 Å². The van der Waals surface area contributed by atoms with Crippen molar-refractivity contribution in [1.29, 1.82) is 0 Å². The zero-order valence-electron chi connectivity index (χ0n) is 16.0. The van der Waals surface area contributed by atoms with E-state index in [4.69, 9.17) is 0 Å². The van der Waals surface area contributed by atoms with E-state index < -0.39 is 10.8 Å². The summed E-state index contributed by atoms with van der Waals surface area (Å²) in [4.78, 5) is 28.3. The number of aryl methyl sites for hydroxylation is 1. The SMILES string of the molecule is Cc1ccc(Cc2cnc(NC(=O)c3ccn(-c4cccc([N+](=O)[O-])c4)n3)s2)cc1. The predicted molar refractivity (Wildman–Crippen MR) is 114 cm³/mol. The van der Waals surface area contributed by atoms with E-state index in [0.29, 0.717) is 10.8 Å². The van der Waals surface area contributed by atoms with Crippen molar-refractivity contribution in [2.45, 2.75) is 13.3 Å². The van der Waals surface area contributed by atoms with Gasteiger partial charge >= 0.3 is 0 Å². The number of rotatable bonds is 6. The van der Waals surface area contributed by atoms with Gasteiger partial charge in [-0.25, -0.2) is 9.67 Å². The summed E-state index contributed by atoms with van der Waals surface area (Å²) in [6, 6.07) is 15.9. The van der Waals surface area contributed by atoms with Crippen LogP contribution in [0.15, 0.2) is 67.0 Å². The van der Waals surface area contributed by atoms with E-state index in [-0.39, 0.29) is 11.4 Å². The topological polar surface area (TPSA) is 103 Å². The van der Waals surface area contributed by atoms with Crippen molar-refractivity contribution in [2.75, 3.05) is 5.32 Å². The fraction of sp³-hybridized carbons (Fsp3) is 0.0952. The Bertz CT molecular complexity index is 1210. The van der Waals surface area contributed by atoms with Crippen LogP contribution in [0, 0.1) is 17.0 Å². The minimum absolute atomic E-state index is 0.0436. The quantitative estimate of drug-likeness (QED) is 0.369. The molecule has 0 unspecified atom stereocenters. The van der Waals surface area contributed by atoms with Crippen molar-refractivity contribution in [3.05, 3.63) is 98.8 Å². The molecule has 0 saturated heterocycles. The maximum Gasteiger partial charge on any atom is 0.277 e. The van der Waals surface area contributed by atoms with Crippen molar-refractivity contribution in [3.8, 4) is 5.69 Å². The lowest BCUT2D eigenvalue weighted by molar-refractivity contribution is -0.384. The Morgan fingerprint density at radius 1 is 1.20 bits per heavy atom. The van der Waals surface area contributed by atoms with Crippen LogP contribution in [0.2, 0.25) is 0 Å². The Kier molecular flexibility index (Phi) is 5.36. The molecule has 0 spiro atoms. The van der Waals surface area contributed by atoms with E-state index in [1.165, 1.54) is 39.3 Å². The van der Waals surface area contributed by atoms with Gasteiger partial charge in [-0.3, -0.25) is 20.2 Å². The number of nitrogens with zero attached hydrogens (tertiary/aromatic N) is 4. The van der Waals surface area contributed by atoms with E-state index >= 15 is 0 Å². The summed E-state index contributed by atoms with van der Waals surface area (Å²) >= 11 is 1.41.